The van der Waals surface area contributed by atoms with E-state index in [1.165, 1.54) is 19.3 Å². The van der Waals surface area contributed by atoms with E-state index in [4.69, 9.17) is 5.73 Å². The summed E-state index contributed by atoms with van der Waals surface area (Å²) in [6.45, 7) is 9.06. The largest absolute Gasteiger partial charge is 0.325 e. The Bertz CT molecular complexity index is 146. The second-order valence-electron chi connectivity index (χ2n) is 5.29. The van der Waals surface area contributed by atoms with Gasteiger partial charge in [-0.3, -0.25) is 0 Å². The standard InChI is InChI=1S/C11H23N/c1-8-5-6-10(7-9(8)2)11(3,4)12/h8-10H,5-7,12H2,1-4H3. The summed E-state index contributed by atoms with van der Waals surface area (Å²) in [5.41, 5.74) is 6.15. The van der Waals surface area contributed by atoms with Crippen molar-refractivity contribution in [3.8, 4) is 0 Å². The predicted octanol–water partition coefficient (Wildman–Crippen LogP) is 2.80. The van der Waals surface area contributed by atoms with Crippen LogP contribution < -0.4 is 5.73 Å². The van der Waals surface area contributed by atoms with E-state index in [1.807, 2.05) is 0 Å². The average Bonchev–Trinajstić information content (AvgIpc) is 1.92. The van der Waals surface area contributed by atoms with Gasteiger partial charge in [-0.1, -0.05) is 20.3 Å². The molecule has 0 heterocycles. The molecule has 0 saturated heterocycles. The second kappa shape index (κ2) is 3.37. The molecule has 0 aromatic heterocycles. The van der Waals surface area contributed by atoms with Crippen molar-refractivity contribution in [1.82, 2.24) is 0 Å². The van der Waals surface area contributed by atoms with Crippen LogP contribution in [0.1, 0.15) is 47.0 Å². The molecule has 3 atom stereocenters. The molecule has 0 aromatic carbocycles. The first-order valence-electron chi connectivity index (χ1n) is 5.20. The highest BCUT2D eigenvalue weighted by Gasteiger charge is 2.32. The van der Waals surface area contributed by atoms with Crippen molar-refractivity contribution in [2.24, 2.45) is 23.5 Å². The SMILES string of the molecule is CC1CCC(C(C)(C)N)CC1C. The maximum Gasteiger partial charge on any atom is 0.0125 e. The number of rotatable bonds is 1. The van der Waals surface area contributed by atoms with Crippen LogP contribution in [-0.2, 0) is 0 Å². The first-order valence-corrected chi connectivity index (χ1v) is 5.20. The molecular weight excluding hydrogens is 146 g/mol. The number of hydrogen-bond acceptors (Lipinski definition) is 1. The summed E-state index contributed by atoms with van der Waals surface area (Å²) in [6.07, 6.45) is 4.02. The van der Waals surface area contributed by atoms with E-state index < -0.39 is 0 Å². The van der Waals surface area contributed by atoms with E-state index in [-0.39, 0.29) is 5.54 Å². The highest BCUT2D eigenvalue weighted by Crippen LogP contribution is 2.37. The Labute approximate surface area is 76.7 Å². The molecule has 0 amide bonds. The third-order valence-corrected chi connectivity index (χ3v) is 3.65. The Morgan fingerprint density at radius 1 is 1.08 bits per heavy atom. The highest BCUT2D eigenvalue weighted by atomic mass is 14.7. The van der Waals surface area contributed by atoms with E-state index in [1.54, 1.807) is 0 Å². The number of hydrogen-bond donors (Lipinski definition) is 1. The molecular formula is C11H23N. The van der Waals surface area contributed by atoms with Gasteiger partial charge in [-0.25, -0.2) is 0 Å². The maximum absolute atomic E-state index is 6.12. The quantitative estimate of drug-likeness (QED) is 0.642. The first-order chi connectivity index (χ1) is 5.41. The molecule has 0 bridgehead atoms. The van der Waals surface area contributed by atoms with Crippen LogP contribution in [0.15, 0.2) is 0 Å². The molecule has 1 nitrogen and oxygen atoms in total. The zero-order chi connectivity index (χ0) is 9.35. The molecule has 1 saturated carbocycles. The van der Waals surface area contributed by atoms with E-state index in [0.717, 1.165) is 17.8 Å². The fourth-order valence-electron chi connectivity index (χ4n) is 2.22. The van der Waals surface area contributed by atoms with Crippen LogP contribution in [0.5, 0.6) is 0 Å². The summed E-state index contributed by atoms with van der Waals surface area (Å²) in [7, 11) is 0. The lowest BCUT2D eigenvalue weighted by Crippen LogP contribution is -2.43. The minimum absolute atomic E-state index is 0.0361. The van der Waals surface area contributed by atoms with Crippen LogP contribution in [0.3, 0.4) is 0 Å². The molecule has 0 spiro atoms. The Morgan fingerprint density at radius 3 is 2.08 bits per heavy atom. The molecule has 0 aliphatic heterocycles. The molecule has 1 aliphatic rings. The van der Waals surface area contributed by atoms with Crippen molar-refractivity contribution in [1.29, 1.82) is 0 Å². The Kier molecular flexibility index (Phi) is 2.82. The van der Waals surface area contributed by atoms with Crippen LogP contribution in [0.4, 0.5) is 0 Å². The fraction of sp³-hybridized carbons (Fsp3) is 1.00. The van der Waals surface area contributed by atoms with Crippen LogP contribution in [0, 0.1) is 17.8 Å². The summed E-state index contributed by atoms with van der Waals surface area (Å²) in [6, 6.07) is 0. The smallest absolute Gasteiger partial charge is 0.0125 e. The van der Waals surface area contributed by atoms with E-state index in [0.29, 0.717) is 0 Å². The molecule has 3 unspecified atom stereocenters. The minimum atomic E-state index is 0.0361. The van der Waals surface area contributed by atoms with Crippen LogP contribution in [0.2, 0.25) is 0 Å². The molecule has 1 heteroatoms. The van der Waals surface area contributed by atoms with E-state index >= 15 is 0 Å². The van der Waals surface area contributed by atoms with Gasteiger partial charge in [0.15, 0.2) is 0 Å². The Balaban J connectivity index is 2.51. The van der Waals surface area contributed by atoms with Crippen LogP contribution in [-0.4, -0.2) is 5.54 Å². The lowest BCUT2D eigenvalue weighted by Gasteiger charge is -2.39. The van der Waals surface area contributed by atoms with Crippen LogP contribution >= 0.6 is 0 Å². The normalized spacial score (nSPS) is 38.2. The molecule has 0 aromatic rings. The summed E-state index contributed by atoms with van der Waals surface area (Å²) in [5, 5.41) is 0. The Hall–Kier alpha value is -0.0400. The van der Waals surface area contributed by atoms with Crippen molar-refractivity contribution in [3.63, 3.8) is 0 Å². The maximum atomic E-state index is 6.12. The molecule has 1 fully saturated rings. The van der Waals surface area contributed by atoms with Crippen molar-refractivity contribution >= 4 is 0 Å². The third kappa shape index (κ3) is 2.22. The fourth-order valence-corrected chi connectivity index (χ4v) is 2.22. The van der Waals surface area contributed by atoms with Crippen molar-refractivity contribution in [2.75, 3.05) is 0 Å². The highest BCUT2D eigenvalue weighted by molar-refractivity contribution is 4.87. The first kappa shape index (κ1) is 10.0. The van der Waals surface area contributed by atoms with Gasteiger partial charge >= 0.3 is 0 Å². The lowest BCUT2D eigenvalue weighted by molar-refractivity contribution is 0.152. The molecule has 12 heavy (non-hydrogen) atoms. The second-order valence-corrected chi connectivity index (χ2v) is 5.29. The molecule has 1 rings (SSSR count). The van der Waals surface area contributed by atoms with Gasteiger partial charge < -0.3 is 5.73 Å². The minimum Gasteiger partial charge on any atom is -0.325 e. The van der Waals surface area contributed by atoms with Gasteiger partial charge in [0.25, 0.3) is 0 Å². The molecule has 72 valence electrons. The Morgan fingerprint density at radius 2 is 1.67 bits per heavy atom. The van der Waals surface area contributed by atoms with Crippen LogP contribution in [0.25, 0.3) is 0 Å². The molecule has 0 radical (unpaired) electrons. The van der Waals surface area contributed by atoms with E-state index in [9.17, 15) is 0 Å². The summed E-state index contributed by atoms with van der Waals surface area (Å²) in [4.78, 5) is 0. The number of nitrogens with two attached hydrogens (primary N) is 1. The summed E-state index contributed by atoms with van der Waals surface area (Å²) in [5.74, 6) is 2.51. The van der Waals surface area contributed by atoms with Crippen molar-refractivity contribution in [2.45, 2.75) is 52.5 Å². The van der Waals surface area contributed by atoms with Gasteiger partial charge in [-0.15, -0.1) is 0 Å². The summed E-state index contributed by atoms with van der Waals surface area (Å²) >= 11 is 0. The van der Waals surface area contributed by atoms with Crippen molar-refractivity contribution in [3.05, 3.63) is 0 Å². The lowest BCUT2D eigenvalue weighted by atomic mass is 9.69. The van der Waals surface area contributed by atoms with Crippen molar-refractivity contribution < 1.29 is 0 Å². The zero-order valence-corrected chi connectivity index (χ0v) is 8.93. The van der Waals surface area contributed by atoms with Gasteiger partial charge in [0.05, 0.1) is 0 Å². The van der Waals surface area contributed by atoms with E-state index in [2.05, 4.69) is 27.7 Å². The van der Waals surface area contributed by atoms with Gasteiger partial charge in [0.2, 0.25) is 0 Å². The third-order valence-electron chi connectivity index (χ3n) is 3.65. The summed E-state index contributed by atoms with van der Waals surface area (Å²) < 4.78 is 0. The van der Waals surface area contributed by atoms with Gasteiger partial charge in [-0.05, 0) is 44.4 Å². The molecule has 1 aliphatic carbocycles. The topological polar surface area (TPSA) is 26.0 Å². The predicted molar refractivity (Wildman–Crippen MR) is 53.9 cm³/mol. The zero-order valence-electron chi connectivity index (χ0n) is 8.93. The average molecular weight is 169 g/mol. The van der Waals surface area contributed by atoms with Gasteiger partial charge in [0, 0.05) is 5.54 Å². The van der Waals surface area contributed by atoms with Gasteiger partial charge in [-0.2, -0.15) is 0 Å². The molecule has 2 N–H and O–H groups in total. The van der Waals surface area contributed by atoms with Gasteiger partial charge in [0.1, 0.15) is 0 Å². The monoisotopic (exact) mass is 169 g/mol.